The van der Waals surface area contributed by atoms with E-state index in [4.69, 9.17) is 11.6 Å². The van der Waals surface area contributed by atoms with Gasteiger partial charge in [-0.2, -0.15) is 4.31 Å². The van der Waals surface area contributed by atoms with Crippen LogP contribution in [-0.2, 0) is 10.0 Å². The van der Waals surface area contributed by atoms with Crippen LogP contribution in [0.4, 0.5) is 10.1 Å². The molecule has 4 rings (SSSR count). The van der Waals surface area contributed by atoms with Crippen molar-refractivity contribution in [2.75, 3.05) is 31.6 Å². The van der Waals surface area contributed by atoms with E-state index in [0.717, 1.165) is 18.9 Å². The third-order valence-electron chi connectivity index (χ3n) is 6.00. The van der Waals surface area contributed by atoms with E-state index >= 15 is 0 Å². The zero-order valence-corrected chi connectivity index (χ0v) is 19.3. The van der Waals surface area contributed by atoms with Gasteiger partial charge in [-0.25, -0.2) is 12.8 Å². The Morgan fingerprint density at radius 1 is 1.21 bits per heavy atom. The number of sulfonamides is 1. The van der Waals surface area contributed by atoms with Crippen molar-refractivity contribution in [3.8, 4) is 0 Å². The number of piperazine rings is 1. The molecule has 8 nitrogen and oxygen atoms in total. The van der Waals surface area contributed by atoms with Crippen LogP contribution in [-0.4, -0.2) is 72.3 Å². The fraction of sp³-hybridized carbons (Fsp3) is 0.409. The maximum Gasteiger partial charge on any atom is 0.255 e. The molecule has 0 bridgehead atoms. The van der Waals surface area contributed by atoms with Gasteiger partial charge in [0.15, 0.2) is 0 Å². The van der Waals surface area contributed by atoms with Gasteiger partial charge in [-0.15, -0.1) is 0 Å². The summed E-state index contributed by atoms with van der Waals surface area (Å²) in [4.78, 5) is 14.3. The molecule has 178 valence electrons. The zero-order valence-electron chi connectivity index (χ0n) is 17.7. The highest BCUT2D eigenvalue weighted by atomic mass is 35.5. The van der Waals surface area contributed by atoms with Crippen molar-refractivity contribution in [2.24, 2.45) is 5.92 Å². The number of anilines is 1. The Morgan fingerprint density at radius 2 is 1.97 bits per heavy atom. The van der Waals surface area contributed by atoms with Crippen molar-refractivity contribution >= 4 is 33.2 Å². The van der Waals surface area contributed by atoms with Crippen molar-refractivity contribution in [1.29, 1.82) is 0 Å². The largest absolute Gasteiger partial charge is 0.395 e. The Labute approximate surface area is 196 Å². The van der Waals surface area contributed by atoms with Crippen molar-refractivity contribution in [2.45, 2.75) is 30.0 Å². The average molecular weight is 498 g/mol. The van der Waals surface area contributed by atoms with E-state index in [-0.39, 0.29) is 46.8 Å². The van der Waals surface area contributed by atoms with Gasteiger partial charge in [0.25, 0.3) is 5.91 Å². The van der Waals surface area contributed by atoms with Gasteiger partial charge in [0.1, 0.15) is 12.0 Å². The van der Waals surface area contributed by atoms with Gasteiger partial charge in [0.05, 0.1) is 16.5 Å². The molecular weight excluding hydrogens is 473 g/mol. The van der Waals surface area contributed by atoms with Crippen LogP contribution in [0.3, 0.4) is 0 Å². The number of rotatable bonds is 7. The minimum Gasteiger partial charge on any atom is -0.395 e. The number of halogens is 2. The smallest absolute Gasteiger partial charge is 0.255 e. The van der Waals surface area contributed by atoms with E-state index in [2.05, 4.69) is 5.32 Å². The average Bonchev–Trinajstić information content (AvgIpc) is 3.66. The van der Waals surface area contributed by atoms with Gasteiger partial charge in [0, 0.05) is 36.9 Å². The number of nitrogens with zero attached hydrogens (tertiary/aromatic N) is 2. The second-order valence-electron chi connectivity index (χ2n) is 8.30. The minimum atomic E-state index is -3.94. The first-order valence-electron chi connectivity index (χ1n) is 10.6. The number of hydrogen-bond donors (Lipinski definition) is 3. The molecule has 2 atom stereocenters. The lowest BCUT2D eigenvalue weighted by Gasteiger charge is -2.42. The first kappa shape index (κ1) is 24.1. The lowest BCUT2D eigenvalue weighted by Crippen LogP contribution is -2.59. The highest BCUT2D eigenvalue weighted by molar-refractivity contribution is 7.89. The van der Waals surface area contributed by atoms with Gasteiger partial charge >= 0.3 is 0 Å². The normalized spacial score (nSPS) is 21.0. The molecule has 1 amide bonds. The Bertz CT molecular complexity index is 1140. The summed E-state index contributed by atoms with van der Waals surface area (Å²) in [6, 6.07) is 8.84. The number of aliphatic hydroxyl groups excluding tert-OH is 2. The highest BCUT2D eigenvalue weighted by Crippen LogP contribution is 2.35. The molecule has 33 heavy (non-hydrogen) atoms. The Morgan fingerprint density at radius 3 is 2.64 bits per heavy atom. The Kier molecular flexibility index (Phi) is 7.04. The number of benzene rings is 2. The zero-order chi connectivity index (χ0) is 23.8. The Hall–Kier alpha value is -2.08. The van der Waals surface area contributed by atoms with Crippen LogP contribution in [0.15, 0.2) is 47.4 Å². The summed E-state index contributed by atoms with van der Waals surface area (Å²) in [5, 5.41) is 22.7. The summed E-state index contributed by atoms with van der Waals surface area (Å²) < 4.78 is 41.1. The number of hydrogen-bond acceptors (Lipinski definition) is 6. The summed E-state index contributed by atoms with van der Waals surface area (Å²) in [6.07, 6.45) is 1.17. The standard InChI is InChI=1S/C22H25ClFN3O5S/c23-19-11-16(6-7-20(19)24)25-21(29)15-2-1-3-18(10-15)33(31,32)26-8-9-27(17(12-26)13-28)22(30)14-4-5-14/h1-3,6-7,10-11,14,17,22,28,30H,4-5,8-9,12-13H2,(H,25,29). The lowest BCUT2D eigenvalue weighted by molar-refractivity contribution is -0.0720. The summed E-state index contributed by atoms with van der Waals surface area (Å²) in [5.41, 5.74) is 0.383. The van der Waals surface area contributed by atoms with Gasteiger partial charge in [-0.05, 0) is 55.2 Å². The monoisotopic (exact) mass is 497 g/mol. The first-order valence-corrected chi connectivity index (χ1v) is 12.4. The summed E-state index contributed by atoms with van der Waals surface area (Å²) >= 11 is 5.74. The molecule has 1 aliphatic heterocycles. The van der Waals surface area contributed by atoms with Crippen LogP contribution in [0, 0.1) is 11.7 Å². The van der Waals surface area contributed by atoms with E-state index in [9.17, 15) is 27.8 Å². The molecule has 2 aromatic rings. The van der Waals surface area contributed by atoms with E-state index < -0.39 is 34.0 Å². The van der Waals surface area contributed by atoms with Crippen molar-refractivity contribution < 1.29 is 27.8 Å². The maximum atomic E-state index is 13.3. The lowest BCUT2D eigenvalue weighted by atomic mass is 10.1. The molecule has 11 heteroatoms. The van der Waals surface area contributed by atoms with E-state index in [1.165, 1.54) is 40.7 Å². The molecule has 1 saturated carbocycles. The third kappa shape index (κ3) is 5.21. The molecule has 2 unspecified atom stereocenters. The predicted molar refractivity (Wildman–Crippen MR) is 121 cm³/mol. The summed E-state index contributed by atoms with van der Waals surface area (Å²) in [5.74, 6) is -1.01. The molecule has 1 aliphatic carbocycles. The van der Waals surface area contributed by atoms with Crippen LogP contribution < -0.4 is 5.32 Å². The van der Waals surface area contributed by atoms with Crippen LogP contribution >= 0.6 is 11.6 Å². The van der Waals surface area contributed by atoms with Crippen LogP contribution in [0.5, 0.6) is 0 Å². The van der Waals surface area contributed by atoms with Crippen LogP contribution in [0.2, 0.25) is 5.02 Å². The molecule has 1 heterocycles. The van der Waals surface area contributed by atoms with Crippen molar-refractivity contribution in [3.63, 3.8) is 0 Å². The highest BCUT2D eigenvalue weighted by Gasteiger charge is 2.41. The van der Waals surface area contributed by atoms with Gasteiger partial charge < -0.3 is 15.5 Å². The van der Waals surface area contributed by atoms with Gasteiger partial charge in [0.2, 0.25) is 10.0 Å². The SMILES string of the molecule is O=C(Nc1ccc(F)c(Cl)c1)c1cccc(S(=O)(=O)N2CCN(C(O)C3CC3)C(CO)C2)c1. The minimum absolute atomic E-state index is 0.0348. The topological polar surface area (TPSA) is 110 Å². The second kappa shape index (κ2) is 9.65. The molecular formula is C22H25ClFN3O5S. The summed E-state index contributed by atoms with van der Waals surface area (Å²) in [7, 11) is -3.94. The van der Waals surface area contributed by atoms with Crippen LogP contribution in [0.25, 0.3) is 0 Å². The van der Waals surface area contributed by atoms with Gasteiger partial charge in [-0.1, -0.05) is 17.7 Å². The summed E-state index contributed by atoms with van der Waals surface area (Å²) in [6.45, 7) is 0.215. The van der Waals surface area contributed by atoms with Crippen molar-refractivity contribution in [3.05, 3.63) is 58.9 Å². The molecule has 0 aromatic heterocycles. The molecule has 2 fully saturated rings. The molecule has 0 spiro atoms. The first-order chi connectivity index (χ1) is 15.7. The maximum absolute atomic E-state index is 13.3. The molecule has 2 aromatic carbocycles. The number of nitrogens with one attached hydrogen (secondary N) is 1. The number of carbonyl (C=O) groups is 1. The number of carbonyl (C=O) groups excluding carboxylic acids is 1. The second-order valence-corrected chi connectivity index (χ2v) is 10.6. The quantitative estimate of drug-likeness (QED) is 0.540. The molecule has 2 aliphatic rings. The third-order valence-corrected chi connectivity index (χ3v) is 8.15. The number of amides is 1. The predicted octanol–water partition coefficient (Wildman–Crippen LogP) is 2.13. The molecule has 3 N–H and O–H groups in total. The van der Waals surface area contributed by atoms with E-state index in [1.54, 1.807) is 4.90 Å². The molecule has 1 saturated heterocycles. The van der Waals surface area contributed by atoms with Gasteiger partial charge in [-0.3, -0.25) is 9.69 Å². The molecule has 0 radical (unpaired) electrons. The Balaban J connectivity index is 1.49. The van der Waals surface area contributed by atoms with Crippen LogP contribution in [0.1, 0.15) is 23.2 Å². The van der Waals surface area contributed by atoms with E-state index in [1.807, 2.05) is 0 Å². The number of aliphatic hydroxyl groups is 2. The fourth-order valence-corrected chi connectivity index (χ4v) is 5.65. The van der Waals surface area contributed by atoms with Crippen molar-refractivity contribution in [1.82, 2.24) is 9.21 Å². The van der Waals surface area contributed by atoms with E-state index in [0.29, 0.717) is 6.54 Å². The fourth-order valence-electron chi connectivity index (χ4n) is 3.96.